The van der Waals surface area contributed by atoms with E-state index in [1.54, 1.807) is 29.6 Å². The summed E-state index contributed by atoms with van der Waals surface area (Å²) in [5.41, 5.74) is -0.938. The van der Waals surface area contributed by atoms with Crippen molar-refractivity contribution in [3.05, 3.63) is 101 Å². The number of amides is 1. The van der Waals surface area contributed by atoms with Crippen molar-refractivity contribution in [2.24, 2.45) is 0 Å². The van der Waals surface area contributed by atoms with Crippen molar-refractivity contribution >= 4 is 11.6 Å². The number of halogens is 6. The summed E-state index contributed by atoms with van der Waals surface area (Å²) < 4.78 is 81.9. The quantitative estimate of drug-likeness (QED) is 0.337. The zero-order chi connectivity index (χ0) is 21.1. The van der Waals surface area contributed by atoms with Crippen molar-refractivity contribution in [3.63, 3.8) is 0 Å². The van der Waals surface area contributed by atoms with E-state index in [0.29, 0.717) is 5.56 Å². The van der Waals surface area contributed by atoms with Crippen LogP contribution in [0.1, 0.15) is 17.0 Å². The van der Waals surface area contributed by atoms with Gasteiger partial charge >= 0.3 is 0 Å². The minimum Gasteiger partial charge on any atom is -0.320 e. The van der Waals surface area contributed by atoms with Gasteiger partial charge in [0.15, 0.2) is 23.3 Å². The lowest BCUT2D eigenvalue weighted by Gasteiger charge is -2.19. The first-order valence-electron chi connectivity index (χ1n) is 8.42. The van der Waals surface area contributed by atoms with E-state index < -0.39 is 52.4 Å². The monoisotopic (exact) mass is 409 g/mol. The van der Waals surface area contributed by atoms with Crippen molar-refractivity contribution in [1.82, 2.24) is 0 Å². The molecule has 1 atom stereocenters. The molecule has 0 spiro atoms. The number of hydrogen-bond acceptors (Lipinski definition) is 1. The van der Waals surface area contributed by atoms with E-state index in [1.165, 1.54) is 30.3 Å². The third-order valence-corrected chi connectivity index (χ3v) is 4.36. The van der Waals surface area contributed by atoms with Crippen LogP contribution < -0.4 is 5.32 Å². The molecule has 0 radical (unpaired) electrons. The summed E-state index contributed by atoms with van der Waals surface area (Å²) in [7, 11) is 0. The highest BCUT2D eigenvalue weighted by atomic mass is 19.2. The van der Waals surface area contributed by atoms with Crippen LogP contribution in [0.15, 0.2) is 54.6 Å². The molecule has 0 aliphatic rings. The van der Waals surface area contributed by atoms with Crippen molar-refractivity contribution in [2.45, 2.75) is 12.3 Å². The smallest absolute Gasteiger partial charge is 0.232 e. The molecule has 0 fully saturated rings. The summed E-state index contributed by atoms with van der Waals surface area (Å²) in [6.07, 6.45) is -0.197. The topological polar surface area (TPSA) is 29.1 Å². The minimum absolute atomic E-state index is 0.147. The van der Waals surface area contributed by atoms with E-state index in [0.717, 1.165) is 0 Å². The molecule has 1 amide bonds. The van der Waals surface area contributed by atoms with Crippen LogP contribution in [0.2, 0.25) is 0 Å². The largest absolute Gasteiger partial charge is 0.320 e. The molecule has 0 bridgehead atoms. The second-order valence-corrected chi connectivity index (χ2v) is 6.19. The lowest BCUT2D eigenvalue weighted by molar-refractivity contribution is -0.117. The van der Waals surface area contributed by atoms with E-state index in [9.17, 15) is 31.1 Å². The molecule has 3 rings (SSSR count). The second kappa shape index (κ2) is 8.38. The van der Waals surface area contributed by atoms with Crippen LogP contribution in [0.3, 0.4) is 0 Å². The predicted molar refractivity (Wildman–Crippen MR) is 94.1 cm³/mol. The highest BCUT2D eigenvalue weighted by Crippen LogP contribution is 2.30. The Hall–Kier alpha value is -3.29. The number of hydrogen-bond donors (Lipinski definition) is 1. The van der Waals surface area contributed by atoms with E-state index in [-0.39, 0.29) is 12.0 Å². The van der Waals surface area contributed by atoms with Gasteiger partial charge in [-0.3, -0.25) is 4.79 Å². The summed E-state index contributed by atoms with van der Waals surface area (Å²) in [6, 6.07) is 13.5. The first-order chi connectivity index (χ1) is 13.8. The van der Waals surface area contributed by atoms with Crippen LogP contribution in [0.4, 0.5) is 32.0 Å². The highest BCUT2D eigenvalue weighted by Gasteiger charge is 2.29. The van der Waals surface area contributed by atoms with E-state index in [4.69, 9.17) is 0 Å². The van der Waals surface area contributed by atoms with Crippen molar-refractivity contribution in [1.29, 1.82) is 0 Å². The summed E-state index contributed by atoms with van der Waals surface area (Å²) in [4.78, 5) is 12.7. The zero-order valence-electron chi connectivity index (χ0n) is 14.7. The molecule has 3 aromatic carbocycles. The zero-order valence-corrected chi connectivity index (χ0v) is 14.7. The molecule has 29 heavy (non-hydrogen) atoms. The van der Waals surface area contributed by atoms with Gasteiger partial charge in [-0.25, -0.2) is 26.3 Å². The molecular formula is C21H13F6NO. The lowest BCUT2D eigenvalue weighted by atomic mass is 9.91. The first kappa shape index (κ1) is 20.4. The van der Waals surface area contributed by atoms with Gasteiger partial charge in [0.05, 0.1) is 5.92 Å². The Morgan fingerprint density at radius 1 is 0.724 bits per heavy atom. The molecule has 8 heteroatoms. The van der Waals surface area contributed by atoms with Crippen LogP contribution in [0.5, 0.6) is 0 Å². The first-order valence-corrected chi connectivity index (χ1v) is 8.42. The van der Waals surface area contributed by atoms with Gasteiger partial charge in [-0.2, -0.15) is 0 Å². The molecule has 3 aromatic rings. The number of carbonyl (C=O) groups is 1. The van der Waals surface area contributed by atoms with Crippen LogP contribution >= 0.6 is 0 Å². The van der Waals surface area contributed by atoms with Gasteiger partial charge in [0.1, 0.15) is 11.5 Å². The minimum atomic E-state index is -2.33. The van der Waals surface area contributed by atoms with Gasteiger partial charge in [-0.05, 0) is 23.6 Å². The van der Waals surface area contributed by atoms with Crippen LogP contribution in [0.25, 0.3) is 0 Å². The molecule has 2 nitrogen and oxygen atoms in total. The van der Waals surface area contributed by atoms with E-state index in [1.807, 2.05) is 0 Å². The van der Waals surface area contributed by atoms with Crippen LogP contribution in [-0.2, 0) is 11.2 Å². The number of rotatable bonds is 5. The van der Waals surface area contributed by atoms with Gasteiger partial charge in [0, 0.05) is 0 Å². The average molecular weight is 409 g/mol. The SMILES string of the molecule is O=C(Nc1c(F)c(F)c(F)c(F)c1F)C(Cc1ccccc1F)c1ccccc1. The van der Waals surface area contributed by atoms with E-state index in [2.05, 4.69) is 0 Å². The Labute approximate surface area is 161 Å². The number of benzene rings is 3. The normalized spacial score (nSPS) is 11.9. The summed E-state index contributed by atoms with van der Waals surface area (Å²) in [6.45, 7) is 0. The van der Waals surface area contributed by atoms with Crippen molar-refractivity contribution in [2.75, 3.05) is 5.32 Å². The third kappa shape index (κ3) is 4.11. The molecule has 150 valence electrons. The van der Waals surface area contributed by atoms with Crippen LogP contribution in [-0.4, -0.2) is 5.91 Å². The van der Waals surface area contributed by atoms with Crippen molar-refractivity contribution in [3.8, 4) is 0 Å². The summed E-state index contributed by atoms with van der Waals surface area (Å²) >= 11 is 0. The highest BCUT2D eigenvalue weighted by molar-refractivity contribution is 5.96. The maximum Gasteiger partial charge on any atom is 0.232 e. The second-order valence-electron chi connectivity index (χ2n) is 6.19. The number of carbonyl (C=O) groups excluding carboxylic acids is 1. The molecular weight excluding hydrogens is 396 g/mol. The Balaban J connectivity index is 2.00. The maximum atomic E-state index is 14.0. The standard InChI is InChI=1S/C21H13F6NO/c22-14-9-5-4-8-12(14)10-13(11-6-2-1-3-7-11)21(29)28-20-18(26)16(24)15(23)17(25)19(20)27/h1-9,13H,10H2,(H,28,29). The number of nitrogens with one attached hydrogen (secondary N) is 1. The Bertz CT molecular complexity index is 1030. The summed E-state index contributed by atoms with van der Waals surface area (Å²) in [5, 5.41) is 1.77. The summed E-state index contributed by atoms with van der Waals surface area (Å²) in [5.74, 6) is -13.8. The predicted octanol–water partition coefficient (Wildman–Crippen LogP) is 5.49. The van der Waals surface area contributed by atoms with Gasteiger partial charge in [0.25, 0.3) is 0 Å². The fourth-order valence-electron chi connectivity index (χ4n) is 2.86. The lowest BCUT2D eigenvalue weighted by Crippen LogP contribution is -2.25. The third-order valence-electron chi connectivity index (χ3n) is 4.36. The van der Waals surface area contributed by atoms with E-state index >= 15 is 0 Å². The van der Waals surface area contributed by atoms with Gasteiger partial charge < -0.3 is 5.32 Å². The maximum absolute atomic E-state index is 14.0. The van der Waals surface area contributed by atoms with Gasteiger partial charge in [-0.15, -0.1) is 0 Å². The van der Waals surface area contributed by atoms with Crippen LogP contribution in [0, 0.1) is 34.9 Å². The molecule has 0 aromatic heterocycles. The van der Waals surface area contributed by atoms with Crippen molar-refractivity contribution < 1.29 is 31.1 Å². The molecule has 0 heterocycles. The Morgan fingerprint density at radius 2 is 1.24 bits per heavy atom. The molecule has 1 N–H and O–H groups in total. The van der Waals surface area contributed by atoms with Gasteiger partial charge in [-0.1, -0.05) is 48.5 Å². The number of anilines is 1. The molecule has 1 unspecified atom stereocenters. The fraction of sp³-hybridized carbons (Fsp3) is 0.0952. The Morgan fingerprint density at radius 3 is 1.83 bits per heavy atom. The molecule has 0 aliphatic heterocycles. The Kier molecular flexibility index (Phi) is 5.91. The molecule has 0 saturated carbocycles. The average Bonchev–Trinajstić information content (AvgIpc) is 2.74. The van der Waals surface area contributed by atoms with Gasteiger partial charge in [0.2, 0.25) is 11.7 Å². The molecule has 0 aliphatic carbocycles. The molecule has 0 saturated heterocycles. The fourth-order valence-corrected chi connectivity index (χ4v) is 2.86.